The number of nitrogens with zero attached hydrogens (tertiary/aromatic N) is 3. The van der Waals surface area contributed by atoms with Crippen LogP contribution < -0.4 is 0 Å². The maximum atomic E-state index is 4.40. The van der Waals surface area contributed by atoms with E-state index in [4.69, 9.17) is 0 Å². The van der Waals surface area contributed by atoms with Crippen molar-refractivity contribution in [3.63, 3.8) is 0 Å². The van der Waals surface area contributed by atoms with Gasteiger partial charge in [-0.3, -0.25) is 4.57 Å². The molecular formula is C17H17N3S. The van der Waals surface area contributed by atoms with Crippen LogP contribution in [0.5, 0.6) is 0 Å². The second-order valence-electron chi connectivity index (χ2n) is 4.78. The predicted molar refractivity (Wildman–Crippen MR) is 87.9 cm³/mol. The molecule has 1 heterocycles. The van der Waals surface area contributed by atoms with Crippen LogP contribution in [0.25, 0.3) is 17.1 Å². The Hall–Kier alpha value is -2.07. The lowest BCUT2D eigenvalue weighted by molar-refractivity contribution is 0.887. The molecule has 3 aromatic rings. The van der Waals surface area contributed by atoms with E-state index in [2.05, 4.69) is 65.0 Å². The minimum Gasteiger partial charge on any atom is -0.270 e. The fraction of sp³-hybridized carbons (Fsp3) is 0.176. The number of benzene rings is 2. The zero-order valence-corrected chi connectivity index (χ0v) is 13.0. The summed E-state index contributed by atoms with van der Waals surface area (Å²) < 4.78 is 2.12. The summed E-state index contributed by atoms with van der Waals surface area (Å²) in [4.78, 5) is 0. The van der Waals surface area contributed by atoms with Crippen molar-refractivity contribution in [2.24, 2.45) is 0 Å². The molecule has 0 saturated heterocycles. The predicted octanol–water partition coefficient (Wildman–Crippen LogP) is 4.35. The number of hydrogen-bond donors (Lipinski definition) is 0. The molecule has 0 N–H and O–H groups in total. The van der Waals surface area contributed by atoms with E-state index in [9.17, 15) is 0 Å². The SMILES string of the molecule is CCSc1nnc(-c2ccc(C)cc2)n1-c1ccccc1. The molecule has 0 aliphatic rings. The van der Waals surface area contributed by atoms with Crippen molar-refractivity contribution in [2.75, 3.05) is 5.75 Å². The highest BCUT2D eigenvalue weighted by Crippen LogP contribution is 2.27. The highest BCUT2D eigenvalue weighted by atomic mass is 32.2. The zero-order valence-electron chi connectivity index (χ0n) is 12.2. The van der Waals surface area contributed by atoms with Crippen molar-refractivity contribution in [2.45, 2.75) is 19.0 Å². The molecular weight excluding hydrogens is 278 g/mol. The first-order valence-electron chi connectivity index (χ1n) is 7.00. The standard InChI is InChI=1S/C17H17N3S/c1-3-21-17-19-18-16(14-11-9-13(2)10-12-14)20(17)15-7-5-4-6-8-15/h4-12H,3H2,1-2H3. The maximum Gasteiger partial charge on any atom is 0.196 e. The van der Waals surface area contributed by atoms with Crippen LogP contribution in [0.15, 0.2) is 59.8 Å². The van der Waals surface area contributed by atoms with Crippen LogP contribution in [-0.2, 0) is 0 Å². The van der Waals surface area contributed by atoms with Gasteiger partial charge in [-0.25, -0.2) is 0 Å². The van der Waals surface area contributed by atoms with Crippen LogP contribution in [0.4, 0.5) is 0 Å². The first-order chi connectivity index (χ1) is 10.3. The highest BCUT2D eigenvalue weighted by molar-refractivity contribution is 7.99. The average molecular weight is 295 g/mol. The molecule has 0 amide bonds. The normalized spacial score (nSPS) is 10.8. The zero-order chi connectivity index (χ0) is 14.7. The summed E-state index contributed by atoms with van der Waals surface area (Å²) >= 11 is 1.70. The van der Waals surface area contributed by atoms with Crippen LogP contribution in [0.1, 0.15) is 12.5 Å². The minimum absolute atomic E-state index is 0.886. The van der Waals surface area contributed by atoms with Crippen molar-refractivity contribution in [1.29, 1.82) is 0 Å². The van der Waals surface area contributed by atoms with Gasteiger partial charge in [0, 0.05) is 11.3 Å². The lowest BCUT2D eigenvalue weighted by Crippen LogP contribution is -1.99. The van der Waals surface area contributed by atoms with E-state index in [0.29, 0.717) is 0 Å². The van der Waals surface area contributed by atoms with Crippen molar-refractivity contribution < 1.29 is 0 Å². The highest BCUT2D eigenvalue weighted by Gasteiger charge is 2.15. The summed E-state index contributed by atoms with van der Waals surface area (Å²) in [6.07, 6.45) is 0. The molecule has 106 valence electrons. The maximum absolute atomic E-state index is 4.40. The van der Waals surface area contributed by atoms with Gasteiger partial charge in [0.2, 0.25) is 0 Å². The molecule has 0 spiro atoms. The van der Waals surface area contributed by atoms with Crippen LogP contribution >= 0.6 is 11.8 Å². The van der Waals surface area contributed by atoms with Crippen LogP contribution in [0.3, 0.4) is 0 Å². The van der Waals surface area contributed by atoms with Crippen LogP contribution in [0.2, 0.25) is 0 Å². The van der Waals surface area contributed by atoms with Gasteiger partial charge in [0.05, 0.1) is 0 Å². The molecule has 2 aromatic carbocycles. The number of aromatic nitrogens is 3. The second-order valence-corrected chi connectivity index (χ2v) is 6.01. The fourth-order valence-corrected chi connectivity index (χ4v) is 2.87. The number of aryl methyl sites for hydroxylation is 1. The van der Waals surface area contributed by atoms with Gasteiger partial charge in [-0.2, -0.15) is 0 Å². The molecule has 1 aromatic heterocycles. The molecule has 0 unspecified atom stereocenters. The van der Waals surface area contributed by atoms with Gasteiger partial charge in [0.25, 0.3) is 0 Å². The Balaban J connectivity index is 2.15. The third-order valence-corrected chi connectivity index (χ3v) is 4.04. The van der Waals surface area contributed by atoms with E-state index in [1.807, 2.05) is 18.2 Å². The summed E-state index contributed by atoms with van der Waals surface area (Å²) in [7, 11) is 0. The summed E-state index contributed by atoms with van der Waals surface area (Å²) in [6, 6.07) is 18.7. The monoisotopic (exact) mass is 295 g/mol. The van der Waals surface area contributed by atoms with Gasteiger partial charge in [0.15, 0.2) is 11.0 Å². The van der Waals surface area contributed by atoms with E-state index in [0.717, 1.165) is 28.0 Å². The Bertz CT molecular complexity index is 718. The van der Waals surface area contributed by atoms with Crippen molar-refractivity contribution in [3.8, 4) is 17.1 Å². The lowest BCUT2D eigenvalue weighted by Gasteiger charge is -2.09. The van der Waals surface area contributed by atoms with E-state index in [1.165, 1.54) is 5.56 Å². The number of thioether (sulfide) groups is 1. The van der Waals surface area contributed by atoms with Gasteiger partial charge in [-0.1, -0.05) is 66.7 Å². The first kappa shape index (κ1) is 13.9. The van der Waals surface area contributed by atoms with Gasteiger partial charge in [-0.05, 0) is 24.8 Å². The number of rotatable bonds is 4. The Morgan fingerprint density at radius 3 is 2.33 bits per heavy atom. The molecule has 0 saturated carbocycles. The summed E-state index contributed by atoms with van der Waals surface area (Å²) in [5.41, 5.74) is 3.42. The number of hydrogen-bond acceptors (Lipinski definition) is 3. The Kier molecular flexibility index (Phi) is 4.06. The van der Waals surface area contributed by atoms with Gasteiger partial charge >= 0.3 is 0 Å². The Morgan fingerprint density at radius 2 is 1.67 bits per heavy atom. The van der Waals surface area contributed by atoms with Crippen LogP contribution in [0, 0.1) is 6.92 Å². The Morgan fingerprint density at radius 1 is 0.952 bits per heavy atom. The van der Waals surface area contributed by atoms with Gasteiger partial charge < -0.3 is 0 Å². The Labute approximate surface area is 129 Å². The molecule has 0 atom stereocenters. The van der Waals surface area contributed by atoms with Gasteiger partial charge in [-0.15, -0.1) is 10.2 Å². The molecule has 0 aliphatic carbocycles. The van der Waals surface area contributed by atoms with Gasteiger partial charge in [0.1, 0.15) is 0 Å². The molecule has 0 aliphatic heterocycles. The number of para-hydroxylation sites is 1. The lowest BCUT2D eigenvalue weighted by atomic mass is 10.1. The average Bonchev–Trinajstić information content (AvgIpc) is 2.93. The molecule has 3 nitrogen and oxygen atoms in total. The molecule has 0 radical (unpaired) electrons. The third-order valence-electron chi connectivity index (χ3n) is 3.23. The topological polar surface area (TPSA) is 30.7 Å². The molecule has 4 heteroatoms. The van der Waals surface area contributed by atoms with E-state index >= 15 is 0 Å². The van der Waals surface area contributed by atoms with E-state index in [-0.39, 0.29) is 0 Å². The largest absolute Gasteiger partial charge is 0.270 e. The molecule has 0 bridgehead atoms. The summed E-state index contributed by atoms with van der Waals surface area (Å²) in [5, 5.41) is 9.69. The smallest absolute Gasteiger partial charge is 0.196 e. The van der Waals surface area contributed by atoms with E-state index in [1.54, 1.807) is 11.8 Å². The molecule has 0 fully saturated rings. The van der Waals surface area contributed by atoms with Crippen molar-refractivity contribution in [1.82, 2.24) is 14.8 Å². The quantitative estimate of drug-likeness (QED) is 0.670. The summed E-state index contributed by atoms with van der Waals surface area (Å²) in [6.45, 7) is 4.21. The fourth-order valence-electron chi connectivity index (χ4n) is 2.19. The molecule has 3 rings (SSSR count). The van der Waals surface area contributed by atoms with Crippen LogP contribution in [-0.4, -0.2) is 20.5 Å². The van der Waals surface area contributed by atoms with Crippen molar-refractivity contribution >= 4 is 11.8 Å². The first-order valence-corrected chi connectivity index (χ1v) is 7.99. The third kappa shape index (κ3) is 2.85. The minimum atomic E-state index is 0.886. The second kappa shape index (κ2) is 6.14. The molecule has 21 heavy (non-hydrogen) atoms. The van der Waals surface area contributed by atoms with E-state index < -0.39 is 0 Å². The van der Waals surface area contributed by atoms with Crippen molar-refractivity contribution in [3.05, 3.63) is 60.2 Å². The summed E-state index contributed by atoms with van der Waals surface area (Å²) in [5.74, 6) is 1.86.